The number of aromatic nitrogens is 1. The predicted molar refractivity (Wildman–Crippen MR) is 67.0 cm³/mol. The standard InChI is InChI=1S/C11H16N4O2/c1-7-8(4-5-9(16)17-3)6-14-11(10(7)12)15(2)13/h4-6H,12-13H2,1-3H3/b5-4+. The van der Waals surface area contributed by atoms with Gasteiger partial charge in [0.05, 0.1) is 12.8 Å². The molecule has 0 fully saturated rings. The van der Waals surface area contributed by atoms with Gasteiger partial charge in [0.1, 0.15) is 0 Å². The molecule has 4 N–H and O–H groups in total. The van der Waals surface area contributed by atoms with Gasteiger partial charge in [-0.25, -0.2) is 15.6 Å². The van der Waals surface area contributed by atoms with Crippen LogP contribution in [0.15, 0.2) is 12.3 Å². The number of hydrazine groups is 1. The highest BCUT2D eigenvalue weighted by Gasteiger charge is 2.09. The second-order valence-electron chi connectivity index (χ2n) is 3.54. The minimum atomic E-state index is -0.428. The van der Waals surface area contributed by atoms with Gasteiger partial charge < -0.3 is 10.5 Å². The van der Waals surface area contributed by atoms with Crippen LogP contribution in [0.1, 0.15) is 11.1 Å². The van der Waals surface area contributed by atoms with Crippen LogP contribution in [0, 0.1) is 6.92 Å². The summed E-state index contributed by atoms with van der Waals surface area (Å²) in [6.45, 7) is 1.83. The molecule has 92 valence electrons. The summed E-state index contributed by atoms with van der Waals surface area (Å²) in [4.78, 5) is 15.1. The molecular formula is C11H16N4O2. The van der Waals surface area contributed by atoms with Crippen LogP contribution in [0.2, 0.25) is 0 Å². The fourth-order valence-electron chi connectivity index (χ4n) is 1.30. The van der Waals surface area contributed by atoms with Gasteiger partial charge in [-0.05, 0) is 24.1 Å². The third kappa shape index (κ3) is 2.94. The van der Waals surface area contributed by atoms with Crippen molar-refractivity contribution < 1.29 is 9.53 Å². The number of pyridine rings is 1. The van der Waals surface area contributed by atoms with Gasteiger partial charge in [-0.1, -0.05) is 0 Å². The molecule has 0 bridgehead atoms. The number of nitrogens with zero attached hydrogens (tertiary/aromatic N) is 2. The molecular weight excluding hydrogens is 220 g/mol. The van der Waals surface area contributed by atoms with Crippen molar-refractivity contribution in [1.82, 2.24) is 4.98 Å². The lowest BCUT2D eigenvalue weighted by atomic mass is 10.1. The second kappa shape index (κ2) is 5.31. The first-order valence-electron chi connectivity index (χ1n) is 4.97. The summed E-state index contributed by atoms with van der Waals surface area (Å²) in [7, 11) is 2.97. The van der Waals surface area contributed by atoms with Crippen LogP contribution in [-0.2, 0) is 9.53 Å². The van der Waals surface area contributed by atoms with Crippen LogP contribution in [-0.4, -0.2) is 25.1 Å². The van der Waals surface area contributed by atoms with E-state index in [-0.39, 0.29) is 0 Å². The van der Waals surface area contributed by atoms with E-state index in [1.165, 1.54) is 18.2 Å². The van der Waals surface area contributed by atoms with E-state index in [0.29, 0.717) is 11.5 Å². The lowest BCUT2D eigenvalue weighted by molar-refractivity contribution is -0.134. The molecule has 1 heterocycles. The zero-order valence-electron chi connectivity index (χ0n) is 10.1. The highest BCUT2D eigenvalue weighted by atomic mass is 16.5. The summed E-state index contributed by atoms with van der Waals surface area (Å²) < 4.78 is 4.50. The van der Waals surface area contributed by atoms with E-state index in [1.807, 2.05) is 6.92 Å². The number of rotatable bonds is 3. The molecule has 1 aromatic rings. The molecule has 0 spiro atoms. The lowest BCUT2D eigenvalue weighted by Crippen LogP contribution is -2.27. The topological polar surface area (TPSA) is 94.5 Å². The Morgan fingerprint density at radius 1 is 1.59 bits per heavy atom. The number of hydrogen-bond donors (Lipinski definition) is 2. The van der Waals surface area contributed by atoms with Crippen LogP contribution < -0.4 is 16.6 Å². The molecule has 17 heavy (non-hydrogen) atoms. The molecule has 0 aliphatic heterocycles. The van der Waals surface area contributed by atoms with E-state index in [4.69, 9.17) is 11.6 Å². The van der Waals surface area contributed by atoms with Crippen molar-refractivity contribution >= 4 is 23.6 Å². The third-order valence-electron chi connectivity index (χ3n) is 2.34. The molecule has 0 aliphatic carbocycles. The van der Waals surface area contributed by atoms with Crippen LogP contribution in [0.5, 0.6) is 0 Å². The summed E-state index contributed by atoms with van der Waals surface area (Å²) >= 11 is 0. The van der Waals surface area contributed by atoms with E-state index in [1.54, 1.807) is 19.3 Å². The van der Waals surface area contributed by atoms with Crippen molar-refractivity contribution in [2.24, 2.45) is 5.84 Å². The highest BCUT2D eigenvalue weighted by molar-refractivity contribution is 5.87. The van der Waals surface area contributed by atoms with Gasteiger partial charge in [0.25, 0.3) is 0 Å². The van der Waals surface area contributed by atoms with Gasteiger partial charge in [0.2, 0.25) is 0 Å². The molecule has 1 rings (SSSR count). The minimum absolute atomic E-state index is 0.428. The zero-order chi connectivity index (χ0) is 13.0. The molecule has 0 unspecified atom stereocenters. The number of nitrogens with two attached hydrogens (primary N) is 2. The van der Waals surface area contributed by atoms with Gasteiger partial charge in [-0.3, -0.25) is 5.01 Å². The number of esters is 1. The fourth-order valence-corrected chi connectivity index (χ4v) is 1.30. The zero-order valence-corrected chi connectivity index (χ0v) is 10.1. The first kappa shape index (κ1) is 13.0. The molecule has 0 aliphatic rings. The van der Waals surface area contributed by atoms with Crippen molar-refractivity contribution in [1.29, 1.82) is 0 Å². The molecule has 6 nitrogen and oxygen atoms in total. The predicted octanol–water partition coefficient (Wildman–Crippen LogP) is 0.468. The van der Waals surface area contributed by atoms with Crippen molar-refractivity contribution in [3.8, 4) is 0 Å². The average molecular weight is 236 g/mol. The Bertz CT molecular complexity index is 455. The Kier molecular flexibility index (Phi) is 4.06. The number of methoxy groups -OCH3 is 1. The Morgan fingerprint density at radius 2 is 2.24 bits per heavy atom. The Morgan fingerprint density at radius 3 is 2.76 bits per heavy atom. The number of carbonyl (C=O) groups excluding carboxylic acids is 1. The first-order chi connectivity index (χ1) is 7.97. The van der Waals surface area contributed by atoms with Crippen LogP contribution >= 0.6 is 0 Å². The van der Waals surface area contributed by atoms with Crippen molar-refractivity contribution in [2.45, 2.75) is 6.92 Å². The monoisotopic (exact) mass is 236 g/mol. The van der Waals surface area contributed by atoms with Crippen LogP contribution in [0.4, 0.5) is 11.5 Å². The molecule has 0 amide bonds. The molecule has 1 aromatic heterocycles. The number of hydrogen-bond acceptors (Lipinski definition) is 6. The minimum Gasteiger partial charge on any atom is -0.466 e. The summed E-state index contributed by atoms with van der Waals surface area (Å²) in [6, 6.07) is 0. The largest absolute Gasteiger partial charge is 0.466 e. The van der Waals surface area contributed by atoms with E-state index < -0.39 is 5.97 Å². The van der Waals surface area contributed by atoms with Gasteiger partial charge in [0, 0.05) is 19.3 Å². The molecule has 6 heteroatoms. The van der Waals surface area contributed by atoms with Crippen LogP contribution in [0.3, 0.4) is 0 Å². The summed E-state index contributed by atoms with van der Waals surface area (Å²) in [6.07, 6.45) is 4.52. The maximum Gasteiger partial charge on any atom is 0.330 e. The Labute approximate surface area is 99.8 Å². The van der Waals surface area contributed by atoms with E-state index >= 15 is 0 Å². The van der Waals surface area contributed by atoms with Gasteiger partial charge >= 0.3 is 5.97 Å². The average Bonchev–Trinajstić information content (AvgIpc) is 2.30. The quantitative estimate of drug-likeness (QED) is 0.343. The summed E-state index contributed by atoms with van der Waals surface area (Å²) in [5.41, 5.74) is 7.94. The van der Waals surface area contributed by atoms with E-state index in [9.17, 15) is 4.79 Å². The van der Waals surface area contributed by atoms with Crippen molar-refractivity contribution in [3.63, 3.8) is 0 Å². The maximum absolute atomic E-state index is 11.0. The molecule has 0 radical (unpaired) electrons. The smallest absolute Gasteiger partial charge is 0.330 e. The normalized spacial score (nSPS) is 10.6. The fraction of sp³-hybridized carbons (Fsp3) is 0.273. The SMILES string of the molecule is COC(=O)/C=C/c1cnc(N(C)N)c(N)c1C. The number of nitrogen functional groups attached to an aromatic ring is 1. The van der Waals surface area contributed by atoms with Crippen LogP contribution in [0.25, 0.3) is 6.08 Å². The van der Waals surface area contributed by atoms with E-state index in [0.717, 1.165) is 11.1 Å². The second-order valence-corrected chi connectivity index (χ2v) is 3.54. The molecule has 0 saturated heterocycles. The van der Waals surface area contributed by atoms with Gasteiger partial charge in [-0.15, -0.1) is 0 Å². The maximum atomic E-state index is 11.0. The number of anilines is 2. The Balaban J connectivity index is 3.09. The van der Waals surface area contributed by atoms with Crippen molar-refractivity contribution in [3.05, 3.63) is 23.4 Å². The number of ether oxygens (including phenoxy) is 1. The first-order valence-corrected chi connectivity index (χ1v) is 4.97. The lowest BCUT2D eigenvalue weighted by Gasteiger charge is -2.15. The summed E-state index contributed by atoms with van der Waals surface area (Å²) in [5, 5.41) is 1.34. The van der Waals surface area contributed by atoms with Crippen molar-refractivity contribution in [2.75, 3.05) is 24.9 Å². The third-order valence-corrected chi connectivity index (χ3v) is 2.34. The van der Waals surface area contributed by atoms with Gasteiger partial charge in [0.15, 0.2) is 5.82 Å². The van der Waals surface area contributed by atoms with E-state index in [2.05, 4.69) is 9.72 Å². The molecule has 0 saturated carbocycles. The highest BCUT2D eigenvalue weighted by Crippen LogP contribution is 2.24. The summed E-state index contributed by atoms with van der Waals surface area (Å²) in [5.74, 6) is 5.65. The van der Waals surface area contributed by atoms with Gasteiger partial charge in [-0.2, -0.15) is 0 Å². The Hall–Kier alpha value is -2.08. The molecule has 0 atom stereocenters. The number of carbonyl (C=O) groups is 1. The molecule has 0 aromatic carbocycles.